The van der Waals surface area contributed by atoms with Gasteiger partial charge in [0.2, 0.25) is 0 Å². The third-order valence-corrected chi connectivity index (χ3v) is 29.3. The van der Waals surface area contributed by atoms with Gasteiger partial charge in [-0.05, 0) is 12.8 Å². The van der Waals surface area contributed by atoms with Crippen molar-refractivity contribution >= 4 is 33.0 Å². The number of fused-ring (bicyclic) bond motifs is 6. The zero-order chi connectivity index (χ0) is 28.7. The Labute approximate surface area is 263 Å². The first-order valence-electron chi connectivity index (χ1n) is 14.0. The zero-order valence-electron chi connectivity index (χ0n) is 23.0. The molecule has 204 valence electrons. The Morgan fingerprint density at radius 3 is 1.26 bits per heavy atom. The van der Waals surface area contributed by atoms with Crippen LogP contribution in [-0.4, -0.2) is 5.49 Å². The average molecular weight is 762 g/mol. The Morgan fingerprint density at radius 1 is 0.452 bits per heavy atom. The number of benzene rings is 6. The molecule has 0 bridgehead atoms. The Kier molecular flexibility index (Phi) is 9.67. The van der Waals surface area contributed by atoms with E-state index in [1.807, 2.05) is 24.3 Å². The molecule has 0 aliphatic heterocycles. The van der Waals surface area contributed by atoms with Gasteiger partial charge in [-0.1, -0.05) is 70.8 Å². The summed E-state index contributed by atoms with van der Waals surface area (Å²) >= 11 is -2.41. The monoisotopic (exact) mass is 762 g/mol. The molecule has 6 aromatic carbocycles. The molecule has 0 saturated carbocycles. The Balaban J connectivity index is 0.000000113. The van der Waals surface area contributed by atoms with Gasteiger partial charge in [0, 0.05) is 0 Å². The van der Waals surface area contributed by atoms with Crippen molar-refractivity contribution < 1.29 is 17.7 Å². The van der Waals surface area contributed by atoms with E-state index in [0.717, 1.165) is 12.8 Å². The molecule has 42 heavy (non-hydrogen) atoms. The van der Waals surface area contributed by atoms with Crippen molar-refractivity contribution in [3.63, 3.8) is 0 Å². The summed E-state index contributed by atoms with van der Waals surface area (Å²) in [6.07, 6.45) is 2.10. The van der Waals surface area contributed by atoms with Gasteiger partial charge in [-0.2, -0.15) is 59.7 Å². The fraction of sp³-hybridized carbons (Fsp3) is 0.0526. The van der Waals surface area contributed by atoms with Crippen LogP contribution in [0.25, 0.3) is 22.3 Å². The van der Waals surface area contributed by atoms with E-state index in [1.54, 1.807) is 0 Å². The summed E-state index contributed by atoms with van der Waals surface area (Å²) < 4.78 is 0. The van der Waals surface area contributed by atoms with Crippen LogP contribution in [0.3, 0.4) is 0 Å². The molecule has 8 rings (SSSR count). The van der Waals surface area contributed by atoms with Gasteiger partial charge in [0.15, 0.2) is 0 Å². The molecular formula is C38H28Cl2HfSi-2. The molecule has 0 unspecified atom stereocenters. The molecule has 0 saturated heterocycles. The van der Waals surface area contributed by atoms with E-state index in [2.05, 4.69) is 133 Å². The van der Waals surface area contributed by atoms with Gasteiger partial charge in [0.1, 0.15) is 0 Å². The van der Waals surface area contributed by atoms with Gasteiger partial charge in [0.05, 0.1) is 0 Å². The van der Waals surface area contributed by atoms with Crippen LogP contribution in [0.15, 0.2) is 146 Å². The van der Waals surface area contributed by atoms with Crippen molar-refractivity contribution in [1.29, 1.82) is 0 Å². The second-order valence-corrected chi connectivity index (χ2v) is 36.4. The van der Waals surface area contributed by atoms with Gasteiger partial charge in [0.25, 0.3) is 0 Å². The van der Waals surface area contributed by atoms with E-state index in [4.69, 9.17) is 17.2 Å². The normalized spacial score (nSPS) is 11.4. The van der Waals surface area contributed by atoms with Crippen molar-refractivity contribution in [2.75, 3.05) is 0 Å². The number of rotatable bonds is 2. The van der Waals surface area contributed by atoms with Crippen LogP contribution in [0.2, 0.25) is 0 Å². The van der Waals surface area contributed by atoms with Crippen LogP contribution in [0.1, 0.15) is 22.3 Å². The van der Waals surface area contributed by atoms with Gasteiger partial charge < -0.3 is 0 Å². The quantitative estimate of drug-likeness (QED) is 0.122. The van der Waals surface area contributed by atoms with Crippen LogP contribution < -0.4 is 10.4 Å². The second kappa shape index (κ2) is 14.0. The molecule has 0 fully saturated rings. The molecule has 0 spiro atoms. The number of halogens is 2. The first-order chi connectivity index (χ1) is 20.7. The van der Waals surface area contributed by atoms with Crippen LogP contribution in [0.5, 0.6) is 0 Å². The maximum atomic E-state index is 6.34. The first-order valence-corrected chi connectivity index (χ1v) is 29.8. The molecule has 0 atom stereocenters. The van der Waals surface area contributed by atoms with E-state index in [9.17, 15) is 0 Å². The Hall–Kier alpha value is -3.01. The predicted octanol–water partition coefficient (Wildman–Crippen LogP) is 8.83. The standard InChI is InChI=1S/2C13H9.C12H10Si.2ClH.Hf/c2*1-3-7-12-10(5-1)9-11-6-2-4-8-13(11)12;1-3-7-11(8-4-1)13-12-9-5-2-6-10-12;;;/h2*1-5,7-8H,9H2;1-10H;2*1H;/q2*-1;;;;+2/p-2. The van der Waals surface area contributed by atoms with Crippen molar-refractivity contribution in [3.05, 3.63) is 180 Å². The van der Waals surface area contributed by atoms with Gasteiger partial charge in [-0.15, -0.1) is 11.1 Å². The largest absolute Gasteiger partial charge is 0.179 e. The molecule has 0 heterocycles. The van der Waals surface area contributed by atoms with Crippen molar-refractivity contribution in [1.82, 2.24) is 0 Å². The fourth-order valence-corrected chi connectivity index (χ4v) is 26.4. The molecule has 6 aromatic rings. The molecule has 0 radical (unpaired) electrons. The molecular weight excluding hydrogens is 734 g/mol. The summed E-state index contributed by atoms with van der Waals surface area (Å²) in [5.41, 5.74) is 10.1. The van der Waals surface area contributed by atoms with Crippen molar-refractivity contribution in [3.8, 4) is 22.3 Å². The second-order valence-electron chi connectivity index (χ2n) is 10.2. The van der Waals surface area contributed by atoms with E-state index in [1.165, 1.54) is 54.9 Å². The Morgan fingerprint density at radius 2 is 0.833 bits per heavy atom. The zero-order valence-corrected chi connectivity index (χ0v) is 29.1. The SMILES string of the molecule is [Cl][Hf]([Cl])=[Si](c1ccccc1)c1ccccc1.[c-]1cccc2c1Cc1ccccc1-2.[c-]1cccc2c1Cc1ccccc1-2. The third-order valence-electron chi connectivity index (χ3n) is 7.55. The predicted molar refractivity (Wildman–Crippen MR) is 177 cm³/mol. The van der Waals surface area contributed by atoms with E-state index in [-0.39, 0.29) is 0 Å². The molecule has 2 aliphatic carbocycles. The molecule has 0 amide bonds. The fourth-order valence-electron chi connectivity index (χ4n) is 5.59. The van der Waals surface area contributed by atoms with Crippen molar-refractivity contribution in [2.24, 2.45) is 0 Å². The molecule has 0 nitrogen and oxygen atoms in total. The summed E-state index contributed by atoms with van der Waals surface area (Å²) in [4.78, 5) is 0. The smallest absolute Gasteiger partial charge is 0.0253 e. The average Bonchev–Trinajstić information content (AvgIpc) is 3.61. The minimum Gasteiger partial charge on any atom is -0.179 e. The molecule has 0 aromatic heterocycles. The summed E-state index contributed by atoms with van der Waals surface area (Å²) in [7, 11) is 12.7. The van der Waals surface area contributed by atoms with Crippen LogP contribution in [-0.2, 0) is 30.5 Å². The maximum absolute atomic E-state index is 6.34. The van der Waals surface area contributed by atoms with Gasteiger partial charge in [-0.25, -0.2) is 0 Å². The maximum Gasteiger partial charge on any atom is -0.0253 e. The summed E-state index contributed by atoms with van der Waals surface area (Å²) in [6, 6.07) is 57.1. The minimum atomic E-state index is -2.41. The summed E-state index contributed by atoms with van der Waals surface area (Å²) in [5.74, 6) is 0. The van der Waals surface area contributed by atoms with Crippen LogP contribution >= 0.6 is 17.2 Å². The number of hydrogen-bond donors (Lipinski definition) is 0. The molecule has 0 N–H and O–H groups in total. The van der Waals surface area contributed by atoms with E-state index < -0.39 is 23.2 Å². The molecule has 4 heteroatoms. The van der Waals surface area contributed by atoms with Gasteiger partial charge in [-0.3, -0.25) is 0 Å². The van der Waals surface area contributed by atoms with Crippen LogP contribution in [0.4, 0.5) is 0 Å². The van der Waals surface area contributed by atoms with Crippen LogP contribution in [0, 0.1) is 12.1 Å². The molecule has 2 aliphatic rings. The topological polar surface area (TPSA) is 0 Å². The first kappa shape index (κ1) is 29.1. The van der Waals surface area contributed by atoms with E-state index in [0.29, 0.717) is 0 Å². The summed E-state index contributed by atoms with van der Waals surface area (Å²) in [5, 5.41) is 2.68. The Bertz CT molecular complexity index is 1630. The minimum absolute atomic E-state index is 0.873. The van der Waals surface area contributed by atoms with Gasteiger partial charge >= 0.3 is 111 Å². The number of hydrogen-bond acceptors (Lipinski definition) is 0. The third kappa shape index (κ3) is 6.63. The van der Waals surface area contributed by atoms with E-state index >= 15 is 0 Å². The van der Waals surface area contributed by atoms with Crippen molar-refractivity contribution in [2.45, 2.75) is 12.8 Å². The summed E-state index contributed by atoms with van der Waals surface area (Å²) in [6.45, 7) is 0.